The lowest BCUT2D eigenvalue weighted by Gasteiger charge is -2.22. The van der Waals surface area contributed by atoms with Crippen molar-refractivity contribution >= 4 is 33.4 Å². The number of hydrogen-bond acceptors (Lipinski definition) is 4. The lowest BCUT2D eigenvalue weighted by molar-refractivity contribution is 0.0943. The van der Waals surface area contributed by atoms with E-state index in [4.69, 9.17) is 0 Å². The van der Waals surface area contributed by atoms with Gasteiger partial charge in [-0.15, -0.1) is 0 Å². The van der Waals surface area contributed by atoms with Crippen molar-refractivity contribution in [2.75, 3.05) is 22.7 Å². The molecule has 0 bridgehead atoms. The number of nitrogens with zero attached hydrogens (tertiary/aromatic N) is 1. The molecule has 0 spiro atoms. The summed E-state index contributed by atoms with van der Waals surface area (Å²) in [5.74, 6) is -0.206. The predicted molar refractivity (Wildman–Crippen MR) is 119 cm³/mol. The quantitative estimate of drug-likeness (QED) is 0.723. The Morgan fingerprint density at radius 2 is 1.76 bits per heavy atom. The smallest absolute Gasteiger partial charge is 0.255 e. The highest BCUT2D eigenvalue weighted by Gasteiger charge is 2.21. The number of benzene rings is 2. The van der Waals surface area contributed by atoms with Crippen LogP contribution in [0, 0.1) is 0 Å². The van der Waals surface area contributed by atoms with Crippen LogP contribution in [0.5, 0.6) is 0 Å². The number of hydrogen-bond donors (Lipinski definition) is 2. The van der Waals surface area contributed by atoms with Gasteiger partial charge in [-0.1, -0.05) is 30.3 Å². The summed E-state index contributed by atoms with van der Waals surface area (Å²) in [6, 6.07) is 14.3. The maximum absolute atomic E-state index is 12.7. The van der Waals surface area contributed by atoms with Crippen LogP contribution in [-0.2, 0) is 10.0 Å². The summed E-state index contributed by atoms with van der Waals surface area (Å²) in [5.41, 5.74) is 2.47. The van der Waals surface area contributed by atoms with E-state index < -0.39 is 10.0 Å². The highest BCUT2D eigenvalue weighted by atomic mass is 32.2. The largest absolute Gasteiger partial charge is 0.371 e. The molecule has 0 atom stereocenters. The maximum atomic E-state index is 12.7. The molecular weight excluding hydrogens is 386 g/mol. The molecule has 1 saturated heterocycles. The zero-order valence-corrected chi connectivity index (χ0v) is 17.6. The van der Waals surface area contributed by atoms with Crippen molar-refractivity contribution in [3.63, 3.8) is 0 Å². The lowest BCUT2D eigenvalue weighted by atomic mass is 10.1. The highest BCUT2D eigenvalue weighted by Crippen LogP contribution is 2.28. The Balaban J connectivity index is 1.85. The summed E-state index contributed by atoms with van der Waals surface area (Å²) >= 11 is 0. The average molecular weight is 414 g/mol. The molecule has 1 amide bonds. The normalized spacial score (nSPS) is 14.5. The average Bonchev–Trinajstić information content (AvgIpc) is 3.21. The molecule has 0 aromatic heterocycles. The molecule has 0 radical (unpaired) electrons. The molecule has 7 heteroatoms. The first-order valence-electron chi connectivity index (χ1n) is 9.80. The van der Waals surface area contributed by atoms with Crippen LogP contribution in [0.25, 0.3) is 6.08 Å². The van der Waals surface area contributed by atoms with Gasteiger partial charge in [-0.05, 0) is 56.5 Å². The molecule has 1 heterocycles. The van der Waals surface area contributed by atoms with Gasteiger partial charge < -0.3 is 10.2 Å². The van der Waals surface area contributed by atoms with Crippen LogP contribution in [0.3, 0.4) is 0 Å². The van der Waals surface area contributed by atoms with Crippen molar-refractivity contribution < 1.29 is 13.2 Å². The van der Waals surface area contributed by atoms with Crippen LogP contribution >= 0.6 is 0 Å². The predicted octanol–water partition coefficient (Wildman–Crippen LogP) is 3.84. The number of carbonyl (C=O) groups is 1. The number of carbonyl (C=O) groups excluding carboxylic acids is 1. The van der Waals surface area contributed by atoms with Gasteiger partial charge in [-0.3, -0.25) is 9.52 Å². The first-order valence-corrected chi connectivity index (χ1v) is 11.3. The summed E-state index contributed by atoms with van der Waals surface area (Å²) in [5, 5.41) is 4.03. The fraction of sp³-hybridized carbons (Fsp3) is 0.318. The molecule has 2 aromatic carbocycles. The fourth-order valence-electron chi connectivity index (χ4n) is 3.29. The van der Waals surface area contributed by atoms with E-state index in [1.165, 1.54) is 6.08 Å². The van der Waals surface area contributed by atoms with Gasteiger partial charge in [0.05, 0.1) is 11.0 Å². The minimum absolute atomic E-state index is 0.0110. The molecule has 154 valence electrons. The molecule has 0 aliphatic carbocycles. The number of rotatable bonds is 7. The van der Waals surface area contributed by atoms with E-state index in [0.29, 0.717) is 11.3 Å². The Bertz CT molecular complexity index is 980. The number of anilines is 2. The van der Waals surface area contributed by atoms with Crippen molar-refractivity contribution in [1.29, 1.82) is 0 Å². The third-order valence-corrected chi connectivity index (χ3v) is 5.62. The first-order chi connectivity index (χ1) is 13.8. The van der Waals surface area contributed by atoms with E-state index in [0.717, 1.165) is 42.6 Å². The monoisotopic (exact) mass is 413 g/mol. The van der Waals surface area contributed by atoms with Crippen LogP contribution in [-0.4, -0.2) is 33.5 Å². The highest BCUT2D eigenvalue weighted by molar-refractivity contribution is 7.95. The molecule has 3 rings (SSSR count). The molecule has 0 unspecified atom stereocenters. The molecule has 2 N–H and O–H groups in total. The van der Waals surface area contributed by atoms with Gasteiger partial charge in [-0.25, -0.2) is 8.42 Å². The van der Waals surface area contributed by atoms with Gasteiger partial charge in [0.2, 0.25) is 0 Å². The summed E-state index contributed by atoms with van der Waals surface area (Å²) < 4.78 is 27.5. The SMILES string of the molecule is CC(C)NC(=O)c1cc(NS(=O)(=O)/C=C/c2ccccc2)ccc1N1CCCC1. The van der Waals surface area contributed by atoms with Crippen LogP contribution in [0.4, 0.5) is 11.4 Å². The topological polar surface area (TPSA) is 78.5 Å². The van der Waals surface area contributed by atoms with Gasteiger partial charge in [0, 0.05) is 30.5 Å². The molecule has 1 aliphatic heterocycles. The van der Waals surface area contributed by atoms with E-state index in [1.54, 1.807) is 12.1 Å². The molecule has 1 fully saturated rings. The second kappa shape index (κ2) is 9.13. The van der Waals surface area contributed by atoms with E-state index in [1.807, 2.05) is 50.2 Å². The number of amides is 1. The van der Waals surface area contributed by atoms with Crippen molar-refractivity contribution in [2.45, 2.75) is 32.7 Å². The zero-order chi connectivity index (χ0) is 20.9. The number of sulfonamides is 1. The van der Waals surface area contributed by atoms with E-state index in [9.17, 15) is 13.2 Å². The third-order valence-electron chi connectivity index (χ3n) is 4.61. The minimum Gasteiger partial charge on any atom is -0.371 e. The van der Waals surface area contributed by atoms with Gasteiger partial charge in [0.25, 0.3) is 15.9 Å². The Labute approximate surface area is 172 Å². The maximum Gasteiger partial charge on any atom is 0.255 e. The van der Waals surface area contributed by atoms with Crippen LogP contribution in [0.2, 0.25) is 0 Å². The molecule has 1 aliphatic rings. The Morgan fingerprint density at radius 1 is 1.07 bits per heavy atom. The van der Waals surface area contributed by atoms with Gasteiger partial charge in [-0.2, -0.15) is 0 Å². The molecule has 0 saturated carbocycles. The summed E-state index contributed by atoms with van der Waals surface area (Å²) in [6.45, 7) is 5.59. The fourth-order valence-corrected chi connectivity index (χ4v) is 4.15. The molecule has 29 heavy (non-hydrogen) atoms. The lowest BCUT2D eigenvalue weighted by Crippen LogP contribution is -2.32. The zero-order valence-electron chi connectivity index (χ0n) is 16.8. The van der Waals surface area contributed by atoms with E-state index in [-0.39, 0.29) is 11.9 Å². The van der Waals surface area contributed by atoms with E-state index >= 15 is 0 Å². The number of nitrogens with one attached hydrogen (secondary N) is 2. The second-order valence-electron chi connectivity index (χ2n) is 7.41. The van der Waals surface area contributed by atoms with Crippen molar-refractivity contribution in [2.24, 2.45) is 0 Å². The summed E-state index contributed by atoms with van der Waals surface area (Å²) in [6.07, 6.45) is 3.71. The Morgan fingerprint density at radius 3 is 2.41 bits per heavy atom. The van der Waals surface area contributed by atoms with E-state index in [2.05, 4.69) is 14.9 Å². The molecule has 6 nitrogen and oxygen atoms in total. The van der Waals surface area contributed by atoms with Crippen molar-refractivity contribution in [1.82, 2.24) is 5.32 Å². The van der Waals surface area contributed by atoms with Gasteiger partial charge in [0.1, 0.15) is 0 Å². The minimum atomic E-state index is -3.71. The van der Waals surface area contributed by atoms with Crippen LogP contribution < -0.4 is 14.9 Å². The van der Waals surface area contributed by atoms with Gasteiger partial charge in [0.15, 0.2) is 0 Å². The van der Waals surface area contributed by atoms with Crippen molar-refractivity contribution in [3.8, 4) is 0 Å². The summed E-state index contributed by atoms with van der Waals surface area (Å²) in [4.78, 5) is 14.9. The second-order valence-corrected chi connectivity index (χ2v) is 8.98. The standard InChI is InChI=1S/C22H27N3O3S/c1-17(2)23-22(26)20-16-19(10-11-21(20)25-13-6-7-14-25)24-29(27,28)15-12-18-8-4-3-5-9-18/h3-5,8-12,15-17,24H,6-7,13-14H2,1-2H3,(H,23,26)/b15-12+. The van der Waals surface area contributed by atoms with Gasteiger partial charge >= 0.3 is 0 Å². The first kappa shape index (κ1) is 20.9. The summed E-state index contributed by atoms with van der Waals surface area (Å²) in [7, 11) is -3.71. The van der Waals surface area contributed by atoms with Crippen LogP contribution in [0.15, 0.2) is 53.9 Å². The molecule has 2 aromatic rings. The van der Waals surface area contributed by atoms with Crippen molar-refractivity contribution in [3.05, 3.63) is 65.1 Å². The molecular formula is C22H27N3O3S. The Hall–Kier alpha value is -2.80. The Kier molecular flexibility index (Phi) is 6.59. The van der Waals surface area contributed by atoms with Crippen LogP contribution in [0.1, 0.15) is 42.6 Å². The third kappa shape index (κ3) is 5.84.